The summed E-state index contributed by atoms with van der Waals surface area (Å²) in [6.07, 6.45) is 10.7. The molecule has 0 heterocycles. The molecule has 2 fully saturated rings. The minimum atomic E-state index is -0.269. The van der Waals surface area contributed by atoms with Crippen molar-refractivity contribution >= 4 is 5.91 Å². The predicted octanol–water partition coefficient (Wildman–Crippen LogP) is 2.59. The zero-order chi connectivity index (χ0) is 13.0. The van der Waals surface area contributed by atoms with Gasteiger partial charge in [0, 0.05) is 12.6 Å². The largest absolute Gasteiger partial charge is 0.353 e. The Balaban J connectivity index is 1.94. The van der Waals surface area contributed by atoms with E-state index in [1.807, 2.05) is 0 Å². The van der Waals surface area contributed by atoms with Crippen LogP contribution in [0.1, 0.15) is 64.7 Å². The molecule has 2 rings (SSSR count). The second kappa shape index (κ2) is 6.05. The minimum absolute atomic E-state index is 0.228. The lowest BCUT2D eigenvalue weighted by Crippen LogP contribution is -2.51. The molecular formula is C15H28N2O. The van der Waals surface area contributed by atoms with E-state index in [1.165, 1.54) is 32.1 Å². The van der Waals surface area contributed by atoms with Gasteiger partial charge in [-0.1, -0.05) is 32.1 Å². The van der Waals surface area contributed by atoms with E-state index in [2.05, 4.69) is 12.2 Å². The van der Waals surface area contributed by atoms with Crippen LogP contribution in [0.2, 0.25) is 0 Å². The van der Waals surface area contributed by atoms with Gasteiger partial charge in [0.25, 0.3) is 0 Å². The van der Waals surface area contributed by atoms with Crippen LogP contribution in [0.15, 0.2) is 0 Å². The summed E-state index contributed by atoms with van der Waals surface area (Å²) in [6.45, 7) is 2.67. The lowest BCUT2D eigenvalue weighted by atomic mass is 9.77. The predicted molar refractivity (Wildman–Crippen MR) is 74.1 cm³/mol. The third kappa shape index (κ3) is 2.87. The summed E-state index contributed by atoms with van der Waals surface area (Å²) in [5, 5.41) is 3.25. The average Bonchev–Trinajstić information content (AvgIpc) is 2.52. The number of hydrogen-bond donors (Lipinski definition) is 2. The highest BCUT2D eigenvalue weighted by Crippen LogP contribution is 2.35. The highest BCUT2D eigenvalue weighted by Gasteiger charge is 2.38. The fourth-order valence-corrected chi connectivity index (χ4v) is 3.35. The van der Waals surface area contributed by atoms with E-state index in [0.29, 0.717) is 18.5 Å². The van der Waals surface area contributed by atoms with Crippen molar-refractivity contribution in [1.29, 1.82) is 0 Å². The van der Waals surface area contributed by atoms with Gasteiger partial charge in [0.15, 0.2) is 0 Å². The Hall–Kier alpha value is -0.570. The van der Waals surface area contributed by atoms with Crippen LogP contribution in [0.4, 0.5) is 0 Å². The van der Waals surface area contributed by atoms with E-state index < -0.39 is 0 Å². The van der Waals surface area contributed by atoms with Gasteiger partial charge in [0.2, 0.25) is 5.91 Å². The standard InChI is InChI=1S/C15H28N2O/c1-12(13-7-6-8-13)17-14(18)15(11-16)9-4-2-3-5-10-15/h12-13H,2-11,16H2,1H3,(H,17,18). The van der Waals surface area contributed by atoms with Crippen molar-refractivity contribution in [1.82, 2.24) is 5.32 Å². The van der Waals surface area contributed by atoms with Gasteiger partial charge in [-0.3, -0.25) is 4.79 Å². The monoisotopic (exact) mass is 252 g/mol. The molecule has 3 N–H and O–H groups in total. The van der Waals surface area contributed by atoms with Crippen LogP contribution in [-0.4, -0.2) is 18.5 Å². The van der Waals surface area contributed by atoms with Gasteiger partial charge in [-0.2, -0.15) is 0 Å². The number of carbonyl (C=O) groups is 1. The first-order chi connectivity index (χ1) is 8.68. The minimum Gasteiger partial charge on any atom is -0.353 e. The number of nitrogens with one attached hydrogen (secondary N) is 1. The van der Waals surface area contributed by atoms with Crippen molar-refractivity contribution in [2.45, 2.75) is 70.8 Å². The van der Waals surface area contributed by atoms with Gasteiger partial charge in [-0.05, 0) is 38.5 Å². The molecule has 18 heavy (non-hydrogen) atoms. The molecule has 2 aliphatic carbocycles. The van der Waals surface area contributed by atoms with E-state index in [1.54, 1.807) is 0 Å². The third-order valence-corrected chi connectivity index (χ3v) is 5.15. The number of nitrogens with two attached hydrogens (primary N) is 1. The summed E-state index contributed by atoms with van der Waals surface area (Å²) in [7, 11) is 0. The van der Waals surface area contributed by atoms with Gasteiger partial charge in [-0.15, -0.1) is 0 Å². The van der Waals surface area contributed by atoms with Crippen molar-refractivity contribution in [2.24, 2.45) is 17.1 Å². The highest BCUT2D eigenvalue weighted by molar-refractivity contribution is 5.83. The molecule has 0 bridgehead atoms. The van der Waals surface area contributed by atoms with Crippen molar-refractivity contribution in [2.75, 3.05) is 6.54 Å². The smallest absolute Gasteiger partial charge is 0.227 e. The Bertz CT molecular complexity index is 278. The summed E-state index contributed by atoms with van der Waals surface area (Å²) in [4.78, 5) is 12.6. The van der Waals surface area contributed by atoms with Gasteiger partial charge < -0.3 is 11.1 Å². The van der Waals surface area contributed by atoms with Crippen molar-refractivity contribution < 1.29 is 4.79 Å². The molecule has 0 saturated heterocycles. The van der Waals surface area contributed by atoms with Crippen LogP contribution in [0.3, 0.4) is 0 Å². The first kappa shape index (κ1) is 13.9. The molecule has 0 aromatic carbocycles. The Kier molecular flexibility index (Phi) is 4.66. The number of amides is 1. The van der Waals surface area contributed by atoms with E-state index in [0.717, 1.165) is 25.7 Å². The van der Waals surface area contributed by atoms with E-state index >= 15 is 0 Å². The van der Waals surface area contributed by atoms with E-state index in [-0.39, 0.29) is 11.3 Å². The van der Waals surface area contributed by atoms with Crippen LogP contribution in [0, 0.1) is 11.3 Å². The molecular weight excluding hydrogens is 224 g/mol. The van der Waals surface area contributed by atoms with Gasteiger partial charge >= 0.3 is 0 Å². The fraction of sp³-hybridized carbons (Fsp3) is 0.933. The molecule has 2 saturated carbocycles. The van der Waals surface area contributed by atoms with Crippen LogP contribution < -0.4 is 11.1 Å². The molecule has 0 radical (unpaired) electrons. The topological polar surface area (TPSA) is 55.1 Å². The SMILES string of the molecule is CC(NC(=O)C1(CN)CCCCCC1)C1CCC1. The van der Waals surface area contributed by atoms with Gasteiger partial charge in [-0.25, -0.2) is 0 Å². The molecule has 0 aromatic rings. The Morgan fingerprint density at radius 3 is 2.28 bits per heavy atom. The average molecular weight is 252 g/mol. The number of hydrogen-bond acceptors (Lipinski definition) is 2. The molecule has 1 atom stereocenters. The van der Waals surface area contributed by atoms with E-state index in [9.17, 15) is 4.79 Å². The second-order valence-electron chi connectivity index (χ2n) is 6.35. The number of carbonyl (C=O) groups excluding carboxylic acids is 1. The van der Waals surface area contributed by atoms with Crippen LogP contribution in [0.5, 0.6) is 0 Å². The summed E-state index contributed by atoms with van der Waals surface area (Å²) >= 11 is 0. The van der Waals surface area contributed by atoms with Crippen LogP contribution >= 0.6 is 0 Å². The molecule has 3 nitrogen and oxygen atoms in total. The fourth-order valence-electron chi connectivity index (χ4n) is 3.35. The van der Waals surface area contributed by atoms with Gasteiger partial charge in [0.1, 0.15) is 0 Å². The third-order valence-electron chi connectivity index (χ3n) is 5.15. The maximum Gasteiger partial charge on any atom is 0.227 e. The van der Waals surface area contributed by atoms with Crippen LogP contribution in [-0.2, 0) is 4.79 Å². The molecule has 2 aliphatic rings. The summed E-state index contributed by atoms with van der Waals surface area (Å²) in [6, 6.07) is 0.331. The first-order valence-corrected chi connectivity index (χ1v) is 7.69. The Morgan fingerprint density at radius 2 is 1.83 bits per heavy atom. The van der Waals surface area contributed by atoms with E-state index in [4.69, 9.17) is 5.73 Å². The molecule has 0 aromatic heterocycles. The maximum absolute atomic E-state index is 12.6. The second-order valence-corrected chi connectivity index (χ2v) is 6.35. The molecule has 0 aliphatic heterocycles. The highest BCUT2D eigenvalue weighted by atomic mass is 16.2. The van der Waals surface area contributed by atoms with Crippen LogP contribution in [0.25, 0.3) is 0 Å². The number of rotatable bonds is 4. The molecule has 3 heteroatoms. The molecule has 1 amide bonds. The molecule has 0 spiro atoms. The summed E-state index contributed by atoms with van der Waals surface area (Å²) < 4.78 is 0. The van der Waals surface area contributed by atoms with Crippen molar-refractivity contribution in [3.05, 3.63) is 0 Å². The Morgan fingerprint density at radius 1 is 1.22 bits per heavy atom. The lowest BCUT2D eigenvalue weighted by Gasteiger charge is -2.36. The molecule has 104 valence electrons. The summed E-state index contributed by atoms with van der Waals surface area (Å²) in [5.74, 6) is 0.931. The zero-order valence-corrected chi connectivity index (χ0v) is 11.7. The maximum atomic E-state index is 12.6. The van der Waals surface area contributed by atoms with Gasteiger partial charge in [0.05, 0.1) is 5.41 Å². The summed E-state index contributed by atoms with van der Waals surface area (Å²) in [5.41, 5.74) is 5.68. The molecule has 1 unspecified atom stereocenters. The van der Waals surface area contributed by atoms with Crippen molar-refractivity contribution in [3.8, 4) is 0 Å². The normalized spacial score (nSPS) is 25.9. The zero-order valence-electron chi connectivity index (χ0n) is 11.7. The lowest BCUT2D eigenvalue weighted by molar-refractivity contribution is -0.132. The quantitative estimate of drug-likeness (QED) is 0.756. The first-order valence-electron chi connectivity index (χ1n) is 7.69. The van der Waals surface area contributed by atoms with Crippen molar-refractivity contribution in [3.63, 3.8) is 0 Å². The Labute approximate surface area is 111 Å².